The molecule has 2 aliphatic rings. The Morgan fingerprint density at radius 3 is 2.67 bits per heavy atom. The van der Waals surface area contributed by atoms with Crippen molar-refractivity contribution in [3.8, 4) is 0 Å². The second-order valence-electron chi connectivity index (χ2n) is 6.00. The summed E-state index contributed by atoms with van der Waals surface area (Å²) in [6.07, 6.45) is 8.77. The standard InChI is InChI=1S/C14H26N2OS/c1-14(8-3-6-12(14)15)13(17)16-9-4-5-11(18-2)7-10-16/h11-12H,3-10,15H2,1-2H3. The van der Waals surface area contributed by atoms with Gasteiger partial charge in [-0.25, -0.2) is 0 Å². The van der Waals surface area contributed by atoms with Crippen LogP contribution in [0.25, 0.3) is 0 Å². The second-order valence-corrected chi connectivity index (χ2v) is 7.14. The monoisotopic (exact) mass is 270 g/mol. The lowest BCUT2D eigenvalue weighted by Gasteiger charge is -2.34. The highest BCUT2D eigenvalue weighted by molar-refractivity contribution is 7.99. The lowest BCUT2D eigenvalue weighted by molar-refractivity contribution is -0.141. The van der Waals surface area contributed by atoms with Gasteiger partial charge in [0.05, 0.1) is 5.41 Å². The van der Waals surface area contributed by atoms with E-state index in [0.717, 1.165) is 50.4 Å². The van der Waals surface area contributed by atoms with Crippen LogP contribution in [0.5, 0.6) is 0 Å². The number of nitrogens with zero attached hydrogens (tertiary/aromatic N) is 1. The van der Waals surface area contributed by atoms with E-state index >= 15 is 0 Å². The predicted molar refractivity (Wildman–Crippen MR) is 77.7 cm³/mol. The van der Waals surface area contributed by atoms with Gasteiger partial charge in [0, 0.05) is 24.4 Å². The number of nitrogens with two attached hydrogens (primary N) is 1. The first-order valence-electron chi connectivity index (χ1n) is 7.15. The lowest BCUT2D eigenvalue weighted by Crippen LogP contribution is -2.49. The number of hydrogen-bond acceptors (Lipinski definition) is 3. The molecule has 3 unspecified atom stereocenters. The van der Waals surface area contributed by atoms with Gasteiger partial charge >= 0.3 is 0 Å². The summed E-state index contributed by atoms with van der Waals surface area (Å²) < 4.78 is 0. The van der Waals surface area contributed by atoms with Crippen molar-refractivity contribution in [2.45, 2.75) is 56.7 Å². The van der Waals surface area contributed by atoms with Crippen LogP contribution in [0.1, 0.15) is 45.4 Å². The third kappa shape index (κ3) is 2.69. The first-order chi connectivity index (χ1) is 8.58. The largest absolute Gasteiger partial charge is 0.342 e. The van der Waals surface area contributed by atoms with E-state index in [4.69, 9.17) is 5.73 Å². The Kier molecular flexibility index (Phi) is 4.59. The number of rotatable bonds is 2. The Morgan fingerprint density at radius 1 is 1.28 bits per heavy atom. The molecule has 1 heterocycles. The van der Waals surface area contributed by atoms with Crippen molar-refractivity contribution >= 4 is 17.7 Å². The normalized spacial score (nSPS) is 37.6. The van der Waals surface area contributed by atoms with E-state index in [2.05, 4.69) is 18.1 Å². The van der Waals surface area contributed by atoms with Gasteiger partial charge in [-0.05, 0) is 45.3 Å². The molecular formula is C14H26N2OS. The molecule has 1 aliphatic carbocycles. The van der Waals surface area contributed by atoms with E-state index in [1.165, 1.54) is 6.42 Å². The van der Waals surface area contributed by atoms with Gasteiger partial charge in [0.2, 0.25) is 5.91 Å². The van der Waals surface area contributed by atoms with Gasteiger partial charge in [0.25, 0.3) is 0 Å². The highest BCUT2D eigenvalue weighted by Crippen LogP contribution is 2.39. The first kappa shape index (κ1) is 14.2. The molecule has 2 N–H and O–H groups in total. The summed E-state index contributed by atoms with van der Waals surface area (Å²) in [5, 5.41) is 0.729. The summed E-state index contributed by atoms with van der Waals surface area (Å²) in [5.74, 6) is 0.314. The zero-order valence-corrected chi connectivity index (χ0v) is 12.5. The highest BCUT2D eigenvalue weighted by Gasteiger charge is 2.45. The van der Waals surface area contributed by atoms with E-state index in [1.54, 1.807) is 0 Å². The fraction of sp³-hybridized carbons (Fsp3) is 0.929. The van der Waals surface area contributed by atoms with Crippen LogP contribution in [0.2, 0.25) is 0 Å². The zero-order chi connectivity index (χ0) is 13.2. The quantitative estimate of drug-likeness (QED) is 0.837. The summed E-state index contributed by atoms with van der Waals surface area (Å²) in [7, 11) is 0. The lowest BCUT2D eigenvalue weighted by atomic mass is 9.83. The highest BCUT2D eigenvalue weighted by atomic mass is 32.2. The molecule has 2 fully saturated rings. The maximum atomic E-state index is 12.7. The Morgan fingerprint density at radius 2 is 2.06 bits per heavy atom. The van der Waals surface area contributed by atoms with Crippen molar-refractivity contribution in [1.29, 1.82) is 0 Å². The number of amides is 1. The summed E-state index contributed by atoms with van der Waals surface area (Å²) in [5.41, 5.74) is 5.87. The Balaban J connectivity index is 2.00. The van der Waals surface area contributed by atoms with Crippen LogP contribution >= 0.6 is 11.8 Å². The van der Waals surface area contributed by atoms with Gasteiger partial charge in [-0.15, -0.1) is 0 Å². The van der Waals surface area contributed by atoms with Crippen LogP contribution in [-0.2, 0) is 4.79 Å². The number of hydrogen-bond donors (Lipinski definition) is 1. The van der Waals surface area contributed by atoms with Crippen molar-refractivity contribution in [3.63, 3.8) is 0 Å². The molecule has 18 heavy (non-hydrogen) atoms. The van der Waals surface area contributed by atoms with Crippen molar-refractivity contribution in [3.05, 3.63) is 0 Å². The smallest absolute Gasteiger partial charge is 0.230 e. The molecule has 104 valence electrons. The second kappa shape index (κ2) is 5.83. The molecule has 0 aromatic rings. The van der Waals surface area contributed by atoms with Crippen molar-refractivity contribution in [2.24, 2.45) is 11.1 Å². The van der Waals surface area contributed by atoms with Crippen LogP contribution in [0, 0.1) is 5.41 Å². The maximum Gasteiger partial charge on any atom is 0.230 e. The van der Waals surface area contributed by atoms with Crippen molar-refractivity contribution in [2.75, 3.05) is 19.3 Å². The van der Waals surface area contributed by atoms with Gasteiger partial charge in [-0.2, -0.15) is 11.8 Å². The first-order valence-corrected chi connectivity index (χ1v) is 8.44. The molecule has 1 saturated carbocycles. The number of likely N-dealkylation sites (tertiary alicyclic amines) is 1. The zero-order valence-electron chi connectivity index (χ0n) is 11.7. The minimum atomic E-state index is -0.292. The van der Waals surface area contributed by atoms with E-state index in [0.29, 0.717) is 5.91 Å². The van der Waals surface area contributed by atoms with E-state index in [-0.39, 0.29) is 11.5 Å². The molecule has 4 heteroatoms. The predicted octanol–water partition coefficient (Wildman–Crippen LogP) is 2.25. The van der Waals surface area contributed by atoms with Crippen LogP contribution in [0.15, 0.2) is 0 Å². The van der Waals surface area contributed by atoms with Gasteiger partial charge in [0.1, 0.15) is 0 Å². The molecule has 0 radical (unpaired) electrons. The average Bonchev–Trinajstić information content (AvgIpc) is 2.60. The van der Waals surface area contributed by atoms with Crippen LogP contribution in [0.4, 0.5) is 0 Å². The van der Waals surface area contributed by atoms with Gasteiger partial charge in [-0.1, -0.05) is 6.42 Å². The van der Waals surface area contributed by atoms with E-state index in [1.807, 2.05) is 11.8 Å². The Bertz CT molecular complexity index is 310. The molecule has 3 nitrogen and oxygen atoms in total. The summed E-state index contributed by atoms with van der Waals surface area (Å²) >= 11 is 1.94. The molecule has 0 bridgehead atoms. The van der Waals surface area contributed by atoms with Gasteiger partial charge in [-0.3, -0.25) is 4.79 Å². The molecule has 1 amide bonds. The van der Waals surface area contributed by atoms with Crippen LogP contribution in [-0.4, -0.2) is 41.4 Å². The fourth-order valence-corrected chi connectivity index (χ4v) is 4.07. The average molecular weight is 270 g/mol. The number of carbonyl (C=O) groups excluding carboxylic acids is 1. The molecule has 1 aliphatic heterocycles. The summed E-state index contributed by atoms with van der Waals surface area (Å²) in [6, 6.07) is 0.0598. The number of thioether (sulfide) groups is 1. The van der Waals surface area contributed by atoms with Crippen LogP contribution < -0.4 is 5.73 Å². The SMILES string of the molecule is CSC1CCCN(C(=O)C2(C)CCCC2N)CC1. The molecule has 2 rings (SSSR count). The van der Waals surface area contributed by atoms with Gasteiger partial charge < -0.3 is 10.6 Å². The minimum Gasteiger partial charge on any atom is -0.342 e. The summed E-state index contributed by atoms with van der Waals surface area (Å²) in [4.78, 5) is 14.8. The van der Waals surface area contributed by atoms with Gasteiger partial charge in [0.15, 0.2) is 0 Å². The molecule has 0 aromatic heterocycles. The van der Waals surface area contributed by atoms with Crippen LogP contribution in [0.3, 0.4) is 0 Å². The number of carbonyl (C=O) groups is 1. The molecule has 1 saturated heterocycles. The fourth-order valence-electron chi connectivity index (χ4n) is 3.32. The Labute approximate surface area is 115 Å². The third-order valence-corrected chi connectivity index (χ3v) is 5.95. The third-order valence-electron chi connectivity index (χ3n) is 4.81. The Hall–Kier alpha value is -0.220. The topological polar surface area (TPSA) is 46.3 Å². The molecule has 3 atom stereocenters. The van der Waals surface area contributed by atoms with Crippen molar-refractivity contribution in [1.82, 2.24) is 4.90 Å². The molecule has 0 spiro atoms. The van der Waals surface area contributed by atoms with E-state index in [9.17, 15) is 4.79 Å². The summed E-state index contributed by atoms with van der Waals surface area (Å²) in [6.45, 7) is 3.93. The van der Waals surface area contributed by atoms with E-state index < -0.39 is 0 Å². The van der Waals surface area contributed by atoms with Crippen molar-refractivity contribution < 1.29 is 4.79 Å². The minimum absolute atomic E-state index is 0.0598. The maximum absolute atomic E-state index is 12.7. The molecule has 0 aromatic carbocycles. The molecular weight excluding hydrogens is 244 g/mol.